The molecular weight excluding hydrogens is 340 g/mol. The fraction of sp³-hybridized carbons (Fsp3) is 0.438. The monoisotopic (exact) mass is 359 g/mol. The number of carbonyl (C=O) groups excluding carboxylic acids is 1. The van der Waals surface area contributed by atoms with Crippen molar-refractivity contribution in [2.24, 2.45) is 0 Å². The lowest BCUT2D eigenvalue weighted by atomic mass is 10.1. The summed E-state index contributed by atoms with van der Waals surface area (Å²) in [5.74, 6) is -2.51. The third-order valence-corrected chi connectivity index (χ3v) is 5.44. The zero-order valence-electron chi connectivity index (χ0n) is 13.2. The topological polar surface area (TPSA) is 72.5 Å². The highest BCUT2D eigenvalue weighted by molar-refractivity contribution is 7.93. The molecule has 132 valence electrons. The summed E-state index contributed by atoms with van der Waals surface area (Å²) in [4.78, 5) is 12.1. The van der Waals surface area contributed by atoms with E-state index in [1.807, 2.05) is 0 Å². The van der Waals surface area contributed by atoms with Gasteiger partial charge in [0, 0.05) is 6.07 Å². The van der Waals surface area contributed by atoms with Crippen LogP contribution in [0.15, 0.2) is 29.8 Å². The van der Waals surface area contributed by atoms with Gasteiger partial charge in [0.1, 0.15) is 16.9 Å². The molecule has 1 N–H and O–H groups in total. The Bertz CT molecular complexity index is 746. The van der Waals surface area contributed by atoms with Gasteiger partial charge >= 0.3 is 5.97 Å². The predicted molar refractivity (Wildman–Crippen MR) is 85.9 cm³/mol. The first-order chi connectivity index (χ1) is 11.3. The number of halogens is 2. The van der Waals surface area contributed by atoms with Crippen LogP contribution in [0.25, 0.3) is 0 Å². The van der Waals surface area contributed by atoms with E-state index in [4.69, 9.17) is 4.74 Å². The molecule has 1 aliphatic carbocycles. The van der Waals surface area contributed by atoms with E-state index in [1.54, 1.807) is 13.0 Å². The van der Waals surface area contributed by atoms with Crippen molar-refractivity contribution < 1.29 is 26.7 Å². The van der Waals surface area contributed by atoms with Crippen molar-refractivity contribution in [3.63, 3.8) is 0 Å². The van der Waals surface area contributed by atoms with E-state index in [9.17, 15) is 22.0 Å². The maximum atomic E-state index is 13.7. The zero-order chi connectivity index (χ0) is 17.7. The third kappa shape index (κ3) is 4.31. The Morgan fingerprint density at radius 1 is 1.33 bits per heavy atom. The van der Waals surface area contributed by atoms with Gasteiger partial charge in [0.2, 0.25) is 10.0 Å². The Balaban J connectivity index is 2.32. The molecule has 0 amide bonds. The molecule has 1 unspecified atom stereocenters. The number of carbonyl (C=O) groups is 1. The SMILES string of the molecule is CCOC(=O)C1=CCCCCC1S(=O)(=O)Nc1ccc(F)cc1F. The molecule has 8 heteroatoms. The molecule has 1 aliphatic rings. The summed E-state index contributed by atoms with van der Waals surface area (Å²) in [5.41, 5.74) is -0.298. The Morgan fingerprint density at radius 2 is 2.08 bits per heavy atom. The molecule has 24 heavy (non-hydrogen) atoms. The average molecular weight is 359 g/mol. The zero-order valence-corrected chi connectivity index (χ0v) is 14.0. The van der Waals surface area contributed by atoms with Crippen LogP contribution in [0.4, 0.5) is 14.5 Å². The Labute approximate surface area is 139 Å². The highest BCUT2D eigenvalue weighted by Gasteiger charge is 2.34. The normalized spacial score (nSPS) is 18.5. The minimum atomic E-state index is -4.09. The molecule has 1 aromatic carbocycles. The number of anilines is 1. The summed E-state index contributed by atoms with van der Waals surface area (Å²) in [7, 11) is -4.09. The minimum Gasteiger partial charge on any atom is -0.463 e. The molecule has 0 heterocycles. The summed E-state index contributed by atoms with van der Waals surface area (Å²) in [6.45, 7) is 1.76. The van der Waals surface area contributed by atoms with Crippen LogP contribution in [0.5, 0.6) is 0 Å². The number of esters is 1. The molecule has 0 spiro atoms. The van der Waals surface area contributed by atoms with Gasteiger partial charge in [0.15, 0.2) is 0 Å². The molecule has 0 aliphatic heterocycles. The van der Waals surface area contributed by atoms with Crippen LogP contribution in [0.1, 0.15) is 32.6 Å². The van der Waals surface area contributed by atoms with E-state index < -0.39 is 32.9 Å². The number of rotatable bonds is 5. The fourth-order valence-electron chi connectivity index (χ4n) is 2.57. The molecule has 0 saturated carbocycles. The highest BCUT2D eigenvalue weighted by Crippen LogP contribution is 2.27. The summed E-state index contributed by atoms with van der Waals surface area (Å²) < 4.78 is 59.0. The molecule has 1 atom stereocenters. The van der Waals surface area contributed by atoms with Crippen LogP contribution in [0.2, 0.25) is 0 Å². The summed E-state index contributed by atoms with van der Waals surface area (Å²) in [6.07, 6.45) is 3.72. The van der Waals surface area contributed by atoms with Crippen LogP contribution >= 0.6 is 0 Å². The van der Waals surface area contributed by atoms with Gasteiger partial charge in [-0.05, 0) is 38.3 Å². The maximum Gasteiger partial charge on any atom is 0.335 e. The Hall–Kier alpha value is -1.96. The van der Waals surface area contributed by atoms with Crippen molar-refractivity contribution in [1.82, 2.24) is 0 Å². The summed E-state index contributed by atoms with van der Waals surface area (Å²) in [5, 5.41) is -1.14. The van der Waals surface area contributed by atoms with Crippen LogP contribution < -0.4 is 4.72 Å². The molecule has 2 rings (SSSR count). The molecular formula is C16H19F2NO4S. The van der Waals surface area contributed by atoms with Gasteiger partial charge in [0.25, 0.3) is 0 Å². The van der Waals surface area contributed by atoms with Crippen molar-refractivity contribution in [3.8, 4) is 0 Å². The van der Waals surface area contributed by atoms with Crippen molar-refractivity contribution in [2.45, 2.75) is 37.9 Å². The molecule has 1 aromatic rings. The third-order valence-electron chi connectivity index (χ3n) is 3.70. The summed E-state index contributed by atoms with van der Waals surface area (Å²) >= 11 is 0. The van der Waals surface area contributed by atoms with Crippen molar-refractivity contribution in [1.29, 1.82) is 0 Å². The highest BCUT2D eigenvalue weighted by atomic mass is 32.2. The van der Waals surface area contributed by atoms with Gasteiger partial charge in [0.05, 0.1) is 17.9 Å². The molecule has 0 saturated heterocycles. The molecule has 0 radical (unpaired) electrons. The number of allylic oxidation sites excluding steroid dienone is 1. The van der Waals surface area contributed by atoms with E-state index in [-0.39, 0.29) is 24.3 Å². The number of ether oxygens (including phenoxy) is 1. The van der Waals surface area contributed by atoms with E-state index in [1.165, 1.54) is 0 Å². The molecule has 0 aromatic heterocycles. The second kappa shape index (κ2) is 7.74. The van der Waals surface area contributed by atoms with Gasteiger partial charge in [-0.3, -0.25) is 4.72 Å². The van der Waals surface area contributed by atoms with Gasteiger partial charge < -0.3 is 4.74 Å². The molecule has 0 bridgehead atoms. The van der Waals surface area contributed by atoms with E-state index >= 15 is 0 Å². The largest absolute Gasteiger partial charge is 0.463 e. The number of benzene rings is 1. The predicted octanol–water partition coefficient (Wildman–Crippen LogP) is 3.14. The lowest BCUT2D eigenvalue weighted by molar-refractivity contribution is -0.138. The quantitative estimate of drug-likeness (QED) is 0.820. The lowest BCUT2D eigenvalue weighted by Crippen LogP contribution is -2.33. The van der Waals surface area contributed by atoms with E-state index in [0.717, 1.165) is 18.6 Å². The van der Waals surface area contributed by atoms with Crippen molar-refractivity contribution >= 4 is 21.7 Å². The van der Waals surface area contributed by atoms with Crippen LogP contribution in [0.3, 0.4) is 0 Å². The van der Waals surface area contributed by atoms with Crippen LogP contribution in [0, 0.1) is 11.6 Å². The summed E-state index contributed by atoms with van der Waals surface area (Å²) in [6, 6.07) is 2.55. The van der Waals surface area contributed by atoms with Crippen molar-refractivity contribution in [2.75, 3.05) is 11.3 Å². The maximum absolute atomic E-state index is 13.7. The second-order valence-corrected chi connectivity index (χ2v) is 7.29. The first-order valence-corrected chi connectivity index (χ1v) is 9.23. The number of nitrogens with one attached hydrogen (secondary N) is 1. The number of hydrogen-bond donors (Lipinski definition) is 1. The molecule has 5 nitrogen and oxygen atoms in total. The van der Waals surface area contributed by atoms with E-state index in [2.05, 4.69) is 4.72 Å². The number of hydrogen-bond acceptors (Lipinski definition) is 4. The second-order valence-electron chi connectivity index (χ2n) is 5.42. The molecule has 0 fully saturated rings. The smallest absolute Gasteiger partial charge is 0.335 e. The van der Waals surface area contributed by atoms with Crippen molar-refractivity contribution in [3.05, 3.63) is 41.5 Å². The van der Waals surface area contributed by atoms with Gasteiger partial charge in [-0.15, -0.1) is 0 Å². The van der Waals surface area contributed by atoms with Gasteiger partial charge in [-0.2, -0.15) is 0 Å². The Kier molecular flexibility index (Phi) is 5.93. The standard InChI is InChI=1S/C16H19F2NO4S/c1-2-23-16(20)12-6-4-3-5-7-15(12)24(21,22)19-14-9-8-11(17)10-13(14)18/h6,8-10,15,19H,2-5,7H2,1H3. The fourth-order valence-corrected chi connectivity index (χ4v) is 4.18. The van der Waals surface area contributed by atoms with E-state index in [0.29, 0.717) is 18.9 Å². The Morgan fingerprint density at radius 3 is 2.75 bits per heavy atom. The van der Waals surface area contributed by atoms with Crippen LogP contribution in [-0.4, -0.2) is 26.2 Å². The van der Waals surface area contributed by atoms with Gasteiger partial charge in [-0.25, -0.2) is 22.0 Å². The first kappa shape index (κ1) is 18.4. The first-order valence-electron chi connectivity index (χ1n) is 7.69. The minimum absolute atomic E-state index is 0.0596. The average Bonchev–Trinajstić information content (AvgIpc) is 2.77. The number of sulfonamides is 1. The lowest BCUT2D eigenvalue weighted by Gasteiger charge is -2.19. The van der Waals surface area contributed by atoms with Gasteiger partial charge in [-0.1, -0.05) is 12.5 Å². The van der Waals surface area contributed by atoms with Crippen LogP contribution in [-0.2, 0) is 19.6 Å².